The number of amides is 1. The van der Waals surface area contributed by atoms with Crippen LogP contribution in [0.3, 0.4) is 0 Å². The molecule has 0 bridgehead atoms. The Morgan fingerprint density at radius 3 is 2.11 bits per heavy atom. The lowest BCUT2D eigenvalue weighted by Gasteiger charge is -2.33. The molecule has 0 spiro atoms. The molecule has 0 aliphatic rings. The molecule has 2 unspecified atom stereocenters. The average molecular weight is 257 g/mol. The molecule has 4 nitrogen and oxygen atoms in total. The average Bonchev–Trinajstić information content (AvgIpc) is 2.25. The highest BCUT2D eigenvalue weighted by Crippen LogP contribution is 2.15. The molecule has 0 saturated heterocycles. The van der Waals surface area contributed by atoms with Crippen LogP contribution in [0.5, 0.6) is 0 Å². The van der Waals surface area contributed by atoms with Gasteiger partial charge in [0.2, 0.25) is 5.91 Å². The van der Waals surface area contributed by atoms with Crippen LogP contribution >= 0.6 is 0 Å². The van der Waals surface area contributed by atoms with Crippen molar-refractivity contribution in [3.63, 3.8) is 0 Å². The Morgan fingerprint density at radius 2 is 1.78 bits per heavy atom. The van der Waals surface area contributed by atoms with Gasteiger partial charge in [0.15, 0.2) is 0 Å². The van der Waals surface area contributed by atoms with Crippen molar-refractivity contribution in [2.75, 3.05) is 33.7 Å². The Balaban J connectivity index is 4.66. The Hall–Kier alpha value is -0.610. The lowest BCUT2D eigenvalue weighted by Crippen LogP contribution is -2.47. The third kappa shape index (κ3) is 5.83. The van der Waals surface area contributed by atoms with Gasteiger partial charge < -0.3 is 15.5 Å². The van der Waals surface area contributed by atoms with E-state index < -0.39 is 0 Å². The van der Waals surface area contributed by atoms with E-state index in [1.165, 1.54) is 0 Å². The molecule has 18 heavy (non-hydrogen) atoms. The molecule has 1 amide bonds. The van der Waals surface area contributed by atoms with Crippen molar-refractivity contribution in [3.05, 3.63) is 0 Å². The SMILES string of the molecule is CCN(C(=O)C(CN)CC(C)C)C(C)CN(C)C. The van der Waals surface area contributed by atoms with Crippen LogP contribution in [0.15, 0.2) is 0 Å². The first kappa shape index (κ1) is 17.4. The predicted octanol–water partition coefficient (Wildman–Crippen LogP) is 1.41. The maximum absolute atomic E-state index is 12.5. The summed E-state index contributed by atoms with van der Waals surface area (Å²) in [6.45, 7) is 10.5. The number of nitrogens with zero attached hydrogens (tertiary/aromatic N) is 2. The normalized spacial score (nSPS) is 14.9. The first-order chi connectivity index (χ1) is 8.33. The second kappa shape index (κ2) is 8.48. The Bertz CT molecular complexity index is 241. The summed E-state index contributed by atoms with van der Waals surface area (Å²) in [4.78, 5) is 16.6. The maximum Gasteiger partial charge on any atom is 0.227 e. The first-order valence-corrected chi connectivity index (χ1v) is 6.98. The van der Waals surface area contributed by atoms with Crippen LogP contribution in [0, 0.1) is 11.8 Å². The van der Waals surface area contributed by atoms with Crippen molar-refractivity contribution < 1.29 is 4.79 Å². The molecule has 2 N–H and O–H groups in total. The summed E-state index contributed by atoms with van der Waals surface area (Å²) in [7, 11) is 4.06. The first-order valence-electron chi connectivity index (χ1n) is 6.98. The van der Waals surface area contributed by atoms with Gasteiger partial charge in [-0.1, -0.05) is 13.8 Å². The third-order valence-electron chi connectivity index (χ3n) is 3.17. The van der Waals surface area contributed by atoms with Gasteiger partial charge in [-0.15, -0.1) is 0 Å². The van der Waals surface area contributed by atoms with Crippen molar-refractivity contribution >= 4 is 5.91 Å². The molecule has 0 aromatic carbocycles. The summed E-state index contributed by atoms with van der Waals surface area (Å²) < 4.78 is 0. The molecule has 0 rings (SSSR count). The van der Waals surface area contributed by atoms with Crippen LogP contribution in [0.25, 0.3) is 0 Å². The highest BCUT2D eigenvalue weighted by molar-refractivity contribution is 5.79. The minimum atomic E-state index is -0.0328. The molecule has 4 heteroatoms. The van der Waals surface area contributed by atoms with E-state index in [2.05, 4.69) is 25.7 Å². The Labute approximate surface area is 113 Å². The topological polar surface area (TPSA) is 49.6 Å². The number of rotatable bonds is 8. The molecule has 0 radical (unpaired) electrons. The van der Waals surface area contributed by atoms with E-state index in [1.807, 2.05) is 25.9 Å². The standard InChI is InChI=1S/C14H31N3O/c1-7-17(12(4)10-16(5)6)14(18)13(9-15)8-11(2)3/h11-13H,7-10,15H2,1-6H3. The van der Waals surface area contributed by atoms with Gasteiger partial charge in [-0.25, -0.2) is 0 Å². The molecule has 2 atom stereocenters. The van der Waals surface area contributed by atoms with E-state index in [0.717, 1.165) is 19.5 Å². The van der Waals surface area contributed by atoms with E-state index >= 15 is 0 Å². The van der Waals surface area contributed by atoms with Gasteiger partial charge in [0.25, 0.3) is 0 Å². The largest absolute Gasteiger partial charge is 0.339 e. The van der Waals surface area contributed by atoms with Gasteiger partial charge in [0.1, 0.15) is 0 Å². The molecule has 0 aromatic heterocycles. The summed E-state index contributed by atoms with van der Waals surface area (Å²) in [6, 6.07) is 0.235. The predicted molar refractivity (Wildman–Crippen MR) is 77.4 cm³/mol. The van der Waals surface area contributed by atoms with Crippen LogP contribution in [0.4, 0.5) is 0 Å². The van der Waals surface area contributed by atoms with Crippen LogP contribution in [0.2, 0.25) is 0 Å². The number of likely N-dealkylation sites (N-methyl/N-ethyl adjacent to an activating group) is 2. The van der Waals surface area contributed by atoms with E-state index in [9.17, 15) is 4.79 Å². The van der Waals surface area contributed by atoms with Crippen LogP contribution in [-0.2, 0) is 4.79 Å². The van der Waals surface area contributed by atoms with Gasteiger partial charge in [-0.3, -0.25) is 4.79 Å². The Kier molecular flexibility index (Phi) is 8.20. The second-order valence-electron chi connectivity index (χ2n) is 5.80. The lowest BCUT2D eigenvalue weighted by atomic mass is 9.95. The van der Waals surface area contributed by atoms with Gasteiger partial charge in [-0.05, 0) is 40.3 Å². The number of carbonyl (C=O) groups excluding carboxylic acids is 1. The lowest BCUT2D eigenvalue weighted by molar-refractivity contribution is -0.137. The van der Waals surface area contributed by atoms with Crippen LogP contribution < -0.4 is 5.73 Å². The molecule has 0 saturated carbocycles. The molecular formula is C14H31N3O. The molecule has 108 valence electrons. The molecule has 0 fully saturated rings. The fraction of sp³-hybridized carbons (Fsp3) is 0.929. The van der Waals surface area contributed by atoms with Crippen molar-refractivity contribution in [2.45, 2.75) is 40.2 Å². The minimum Gasteiger partial charge on any atom is -0.339 e. The quantitative estimate of drug-likeness (QED) is 0.715. The molecule has 0 aliphatic heterocycles. The van der Waals surface area contributed by atoms with Crippen molar-refractivity contribution in [2.24, 2.45) is 17.6 Å². The van der Waals surface area contributed by atoms with Crippen molar-refractivity contribution in [1.82, 2.24) is 9.80 Å². The van der Waals surface area contributed by atoms with E-state index in [4.69, 9.17) is 5.73 Å². The van der Waals surface area contributed by atoms with Gasteiger partial charge in [0, 0.05) is 25.7 Å². The highest BCUT2D eigenvalue weighted by atomic mass is 16.2. The van der Waals surface area contributed by atoms with Gasteiger partial charge in [0.05, 0.1) is 5.92 Å². The molecular weight excluding hydrogens is 226 g/mol. The number of nitrogens with two attached hydrogens (primary N) is 1. The Morgan fingerprint density at radius 1 is 1.22 bits per heavy atom. The number of hydrogen-bond donors (Lipinski definition) is 1. The number of hydrogen-bond acceptors (Lipinski definition) is 3. The molecule has 0 heterocycles. The molecule has 0 aliphatic carbocycles. The maximum atomic E-state index is 12.5. The van der Waals surface area contributed by atoms with Gasteiger partial charge >= 0.3 is 0 Å². The summed E-state index contributed by atoms with van der Waals surface area (Å²) in [5.41, 5.74) is 5.76. The fourth-order valence-corrected chi connectivity index (χ4v) is 2.41. The molecule has 0 aromatic rings. The number of carbonyl (C=O) groups is 1. The van der Waals surface area contributed by atoms with Crippen molar-refractivity contribution in [3.8, 4) is 0 Å². The van der Waals surface area contributed by atoms with Crippen LogP contribution in [0.1, 0.15) is 34.1 Å². The zero-order valence-corrected chi connectivity index (χ0v) is 12.9. The summed E-state index contributed by atoms with van der Waals surface area (Å²) in [5.74, 6) is 0.683. The van der Waals surface area contributed by atoms with Crippen molar-refractivity contribution in [1.29, 1.82) is 0 Å². The summed E-state index contributed by atoms with van der Waals surface area (Å²) in [5, 5.41) is 0. The second-order valence-corrected chi connectivity index (χ2v) is 5.80. The zero-order chi connectivity index (χ0) is 14.3. The monoisotopic (exact) mass is 257 g/mol. The van der Waals surface area contributed by atoms with E-state index in [1.54, 1.807) is 0 Å². The fourth-order valence-electron chi connectivity index (χ4n) is 2.41. The smallest absolute Gasteiger partial charge is 0.227 e. The summed E-state index contributed by atoms with van der Waals surface area (Å²) >= 11 is 0. The van der Waals surface area contributed by atoms with Crippen LogP contribution in [-0.4, -0.2) is 55.5 Å². The zero-order valence-electron chi connectivity index (χ0n) is 12.9. The van der Waals surface area contributed by atoms with E-state index in [0.29, 0.717) is 12.5 Å². The third-order valence-corrected chi connectivity index (χ3v) is 3.17. The van der Waals surface area contributed by atoms with Gasteiger partial charge in [-0.2, -0.15) is 0 Å². The summed E-state index contributed by atoms with van der Waals surface area (Å²) in [6.07, 6.45) is 0.876. The minimum absolute atomic E-state index is 0.0328. The highest BCUT2D eigenvalue weighted by Gasteiger charge is 2.26. The van der Waals surface area contributed by atoms with E-state index in [-0.39, 0.29) is 17.9 Å².